The molecule has 1 spiro atoms. The van der Waals surface area contributed by atoms with Crippen LogP contribution in [0.25, 0.3) is 0 Å². The molecule has 19 heavy (non-hydrogen) atoms. The Morgan fingerprint density at radius 2 is 1.84 bits per heavy atom. The van der Waals surface area contributed by atoms with Crippen molar-refractivity contribution in [2.75, 3.05) is 19.6 Å². The quantitative estimate of drug-likeness (QED) is 0.817. The van der Waals surface area contributed by atoms with E-state index in [-0.39, 0.29) is 0 Å². The molecule has 2 aliphatic rings. The zero-order valence-electron chi connectivity index (χ0n) is 13.6. The van der Waals surface area contributed by atoms with E-state index in [2.05, 4.69) is 37.9 Å². The summed E-state index contributed by atoms with van der Waals surface area (Å²) in [6, 6.07) is 0.746. The predicted molar refractivity (Wildman–Crippen MR) is 83.5 cm³/mol. The van der Waals surface area contributed by atoms with E-state index in [1.807, 2.05) is 0 Å². The van der Waals surface area contributed by atoms with Gasteiger partial charge in [-0.1, -0.05) is 40.0 Å². The first kappa shape index (κ1) is 15.3. The van der Waals surface area contributed by atoms with Gasteiger partial charge >= 0.3 is 0 Å². The summed E-state index contributed by atoms with van der Waals surface area (Å²) in [6.07, 6.45) is 9.71. The molecular weight excluding hydrogens is 232 g/mol. The maximum absolute atomic E-state index is 3.91. The Kier molecular flexibility index (Phi) is 4.94. The monoisotopic (exact) mass is 266 g/mol. The van der Waals surface area contributed by atoms with E-state index >= 15 is 0 Å². The van der Waals surface area contributed by atoms with Gasteiger partial charge in [-0.3, -0.25) is 4.90 Å². The number of hydrogen-bond donors (Lipinski definition) is 1. The van der Waals surface area contributed by atoms with E-state index < -0.39 is 0 Å². The Hall–Kier alpha value is -0.0800. The molecule has 1 aliphatic heterocycles. The second-order valence-corrected chi connectivity index (χ2v) is 8.19. The minimum atomic E-state index is 0.445. The van der Waals surface area contributed by atoms with E-state index in [4.69, 9.17) is 0 Å². The maximum Gasteiger partial charge on any atom is 0.0308 e. The van der Waals surface area contributed by atoms with Gasteiger partial charge < -0.3 is 5.32 Å². The molecule has 1 atom stereocenters. The fourth-order valence-electron chi connectivity index (χ4n) is 3.67. The standard InChI is InChI=1S/C17H34N2/c1-15-8-12-18-17(9-6-5-7-10-17)14-19(15)13-11-16(2,3)4/h15,18H,5-14H2,1-4H3. The van der Waals surface area contributed by atoms with Crippen LogP contribution in [-0.4, -0.2) is 36.1 Å². The van der Waals surface area contributed by atoms with Gasteiger partial charge in [-0.05, 0) is 51.1 Å². The summed E-state index contributed by atoms with van der Waals surface area (Å²) in [4.78, 5) is 2.77. The molecule has 2 fully saturated rings. The second kappa shape index (κ2) is 6.13. The van der Waals surface area contributed by atoms with E-state index in [0.717, 1.165) is 6.04 Å². The molecule has 1 unspecified atom stereocenters. The third-order valence-electron chi connectivity index (χ3n) is 5.15. The summed E-state index contributed by atoms with van der Waals surface area (Å²) in [5.41, 5.74) is 0.903. The van der Waals surface area contributed by atoms with Gasteiger partial charge in [0.2, 0.25) is 0 Å². The normalized spacial score (nSPS) is 29.4. The zero-order chi connectivity index (χ0) is 13.9. The lowest BCUT2D eigenvalue weighted by molar-refractivity contribution is 0.124. The van der Waals surface area contributed by atoms with E-state index in [9.17, 15) is 0 Å². The van der Waals surface area contributed by atoms with Gasteiger partial charge in [0.1, 0.15) is 0 Å². The summed E-state index contributed by atoms with van der Waals surface area (Å²) in [6.45, 7) is 13.3. The van der Waals surface area contributed by atoms with E-state index in [1.165, 1.54) is 64.6 Å². The van der Waals surface area contributed by atoms with Crippen LogP contribution in [-0.2, 0) is 0 Å². The number of hydrogen-bond acceptors (Lipinski definition) is 2. The van der Waals surface area contributed by atoms with Gasteiger partial charge in [0, 0.05) is 18.1 Å². The molecule has 1 saturated heterocycles. The number of rotatable bonds is 2. The average Bonchev–Trinajstić information content (AvgIpc) is 2.48. The fourth-order valence-corrected chi connectivity index (χ4v) is 3.67. The van der Waals surface area contributed by atoms with Gasteiger partial charge in [-0.2, -0.15) is 0 Å². The highest BCUT2D eigenvalue weighted by atomic mass is 15.2. The molecule has 0 bridgehead atoms. The highest BCUT2D eigenvalue weighted by molar-refractivity contribution is 4.96. The zero-order valence-corrected chi connectivity index (χ0v) is 13.6. The maximum atomic E-state index is 3.91. The number of nitrogens with one attached hydrogen (secondary N) is 1. The Bertz CT molecular complexity index is 273. The van der Waals surface area contributed by atoms with Gasteiger partial charge in [0.05, 0.1) is 0 Å². The van der Waals surface area contributed by atoms with Crippen LogP contribution in [0.2, 0.25) is 0 Å². The molecule has 2 rings (SSSR count). The van der Waals surface area contributed by atoms with E-state index in [1.54, 1.807) is 0 Å². The van der Waals surface area contributed by atoms with Crippen molar-refractivity contribution in [1.29, 1.82) is 0 Å². The molecule has 1 heterocycles. The first-order valence-corrected chi connectivity index (χ1v) is 8.39. The first-order chi connectivity index (χ1) is 8.90. The minimum absolute atomic E-state index is 0.445. The molecule has 1 aliphatic carbocycles. The van der Waals surface area contributed by atoms with Gasteiger partial charge in [0.25, 0.3) is 0 Å². The van der Waals surface area contributed by atoms with Crippen molar-refractivity contribution >= 4 is 0 Å². The second-order valence-electron chi connectivity index (χ2n) is 8.19. The van der Waals surface area contributed by atoms with Crippen LogP contribution in [0, 0.1) is 5.41 Å². The summed E-state index contributed by atoms with van der Waals surface area (Å²) in [5.74, 6) is 0. The minimum Gasteiger partial charge on any atom is -0.310 e. The van der Waals surface area contributed by atoms with Crippen LogP contribution in [0.3, 0.4) is 0 Å². The molecule has 1 saturated carbocycles. The average molecular weight is 266 g/mol. The van der Waals surface area contributed by atoms with Crippen LogP contribution < -0.4 is 5.32 Å². The van der Waals surface area contributed by atoms with Gasteiger partial charge in [-0.15, -0.1) is 0 Å². The fraction of sp³-hybridized carbons (Fsp3) is 1.00. The molecule has 0 radical (unpaired) electrons. The van der Waals surface area contributed by atoms with Crippen LogP contribution >= 0.6 is 0 Å². The van der Waals surface area contributed by atoms with Gasteiger partial charge in [-0.25, -0.2) is 0 Å². The summed E-state index contributed by atoms with van der Waals surface area (Å²) < 4.78 is 0. The first-order valence-electron chi connectivity index (χ1n) is 8.39. The van der Waals surface area contributed by atoms with Crippen molar-refractivity contribution in [3.05, 3.63) is 0 Å². The largest absolute Gasteiger partial charge is 0.310 e. The van der Waals surface area contributed by atoms with Gasteiger partial charge in [0.15, 0.2) is 0 Å². The molecule has 0 aromatic carbocycles. The molecule has 0 aromatic heterocycles. The molecular formula is C17H34N2. The van der Waals surface area contributed by atoms with Crippen molar-refractivity contribution < 1.29 is 0 Å². The molecule has 112 valence electrons. The Labute approximate surface area is 120 Å². The summed E-state index contributed by atoms with van der Waals surface area (Å²) >= 11 is 0. The van der Waals surface area contributed by atoms with Crippen LogP contribution in [0.15, 0.2) is 0 Å². The van der Waals surface area contributed by atoms with E-state index in [0.29, 0.717) is 11.0 Å². The summed E-state index contributed by atoms with van der Waals surface area (Å²) in [7, 11) is 0. The SMILES string of the molecule is CC1CCNC2(CCCCC2)CN1CCC(C)(C)C. The molecule has 0 amide bonds. The lowest BCUT2D eigenvalue weighted by Crippen LogP contribution is -2.53. The number of nitrogens with zero attached hydrogens (tertiary/aromatic N) is 1. The third kappa shape index (κ3) is 4.46. The van der Waals surface area contributed by atoms with Crippen LogP contribution in [0.4, 0.5) is 0 Å². The van der Waals surface area contributed by atoms with Crippen molar-refractivity contribution in [3.63, 3.8) is 0 Å². The van der Waals surface area contributed by atoms with Crippen molar-refractivity contribution in [1.82, 2.24) is 10.2 Å². The molecule has 2 heteroatoms. The smallest absolute Gasteiger partial charge is 0.0308 e. The third-order valence-corrected chi connectivity index (χ3v) is 5.15. The van der Waals surface area contributed by atoms with Crippen molar-refractivity contribution in [2.45, 2.75) is 84.2 Å². The highest BCUT2D eigenvalue weighted by Gasteiger charge is 2.36. The molecule has 0 aromatic rings. The predicted octanol–water partition coefficient (Wildman–Crippen LogP) is 3.81. The Morgan fingerprint density at radius 3 is 2.47 bits per heavy atom. The van der Waals surface area contributed by atoms with Crippen LogP contribution in [0.1, 0.15) is 72.6 Å². The Morgan fingerprint density at radius 1 is 1.16 bits per heavy atom. The lowest BCUT2D eigenvalue weighted by atomic mass is 9.81. The van der Waals surface area contributed by atoms with Crippen molar-refractivity contribution in [2.24, 2.45) is 5.41 Å². The molecule has 2 nitrogen and oxygen atoms in total. The molecule has 1 N–H and O–H groups in total. The topological polar surface area (TPSA) is 15.3 Å². The summed E-state index contributed by atoms with van der Waals surface area (Å²) in [5, 5.41) is 3.91. The van der Waals surface area contributed by atoms with Crippen molar-refractivity contribution in [3.8, 4) is 0 Å². The van der Waals surface area contributed by atoms with Crippen LogP contribution in [0.5, 0.6) is 0 Å². The lowest BCUT2D eigenvalue weighted by Gasteiger charge is -2.41. The Balaban J connectivity index is 1.98. The highest BCUT2D eigenvalue weighted by Crippen LogP contribution is 2.32.